The molecule has 4 aromatic rings. The number of nitriles is 1. The third kappa shape index (κ3) is 3.50. The molecule has 1 aromatic heterocycles. The average Bonchev–Trinajstić information content (AvgIpc) is 2.86. The summed E-state index contributed by atoms with van der Waals surface area (Å²) in [6, 6.07) is 18.6. The molecular weight excluding hydrogens is 434 g/mol. The number of hydrogen-bond donors (Lipinski definition) is 0. The Kier molecular flexibility index (Phi) is 5.17. The second-order valence-corrected chi connectivity index (χ2v) is 7.29. The van der Waals surface area contributed by atoms with Gasteiger partial charge in [-0.2, -0.15) is 16.8 Å². The van der Waals surface area contributed by atoms with Gasteiger partial charge >= 0.3 is 0 Å². The Morgan fingerprint density at radius 2 is 1.18 bits per heavy atom. The summed E-state index contributed by atoms with van der Waals surface area (Å²) in [5.74, 6) is -0.823. The fourth-order valence-corrected chi connectivity index (χ4v) is 3.85. The molecule has 0 spiro atoms. The van der Waals surface area contributed by atoms with Crippen molar-refractivity contribution < 1.29 is 8.78 Å². The normalized spacial score (nSPS) is 14.2. The number of aromatic nitrogens is 2. The zero-order chi connectivity index (χ0) is 23.7. The fraction of sp³-hybridized carbons (Fsp3) is 0. The Balaban J connectivity index is 1.88. The Morgan fingerprint density at radius 3 is 1.65 bits per heavy atom. The Morgan fingerprint density at radius 1 is 0.706 bits per heavy atom. The van der Waals surface area contributed by atoms with Crippen LogP contribution in [0.3, 0.4) is 0 Å². The van der Waals surface area contributed by atoms with Crippen molar-refractivity contribution in [3.05, 3.63) is 118 Å². The van der Waals surface area contributed by atoms with E-state index in [9.17, 15) is 14.0 Å². The second kappa shape index (κ2) is 8.45. The lowest BCUT2D eigenvalue weighted by molar-refractivity contribution is 0.627. The standard InChI is InChI=1S/C26H12F2N6/c1-30-34-24-20-5-3-2-4-19(20)23(31-14-29)25-26(24)33-22(16-8-12-18(28)13-9-16)21(32-25)15-6-10-17(27)11-7-15/h2-13H/b31-23-,34-24+. The van der Waals surface area contributed by atoms with Gasteiger partial charge in [-0.1, -0.05) is 24.3 Å². The van der Waals surface area contributed by atoms with E-state index in [1.165, 1.54) is 24.3 Å². The summed E-state index contributed by atoms with van der Waals surface area (Å²) >= 11 is 0. The molecule has 3 aromatic carbocycles. The first-order valence-corrected chi connectivity index (χ1v) is 10.1. The van der Waals surface area contributed by atoms with E-state index in [0.29, 0.717) is 45.1 Å². The van der Waals surface area contributed by atoms with E-state index >= 15 is 0 Å². The molecule has 6 nitrogen and oxygen atoms in total. The van der Waals surface area contributed by atoms with Gasteiger partial charge in [-0.05, 0) is 48.5 Å². The van der Waals surface area contributed by atoms with Crippen LogP contribution in [0.15, 0.2) is 82.9 Å². The highest BCUT2D eigenvalue weighted by molar-refractivity contribution is 6.30. The van der Waals surface area contributed by atoms with Gasteiger partial charge in [-0.15, -0.1) is 4.95 Å². The van der Waals surface area contributed by atoms with Gasteiger partial charge in [-0.25, -0.2) is 18.7 Å². The molecule has 5 rings (SSSR count). The van der Waals surface area contributed by atoms with Crippen molar-refractivity contribution in [3.8, 4) is 28.7 Å². The van der Waals surface area contributed by atoms with Crippen LogP contribution in [-0.2, 0) is 0 Å². The van der Waals surface area contributed by atoms with Crippen molar-refractivity contribution in [1.29, 1.82) is 5.26 Å². The van der Waals surface area contributed by atoms with E-state index in [1.807, 2.05) is 6.19 Å². The minimum atomic E-state index is -0.412. The van der Waals surface area contributed by atoms with Gasteiger partial charge < -0.3 is 0 Å². The molecule has 1 aliphatic rings. The minimum absolute atomic E-state index is 0.271. The smallest absolute Gasteiger partial charge is 0.206 e. The molecule has 0 bridgehead atoms. The van der Waals surface area contributed by atoms with E-state index in [0.717, 1.165) is 0 Å². The van der Waals surface area contributed by atoms with Gasteiger partial charge in [0, 0.05) is 22.3 Å². The van der Waals surface area contributed by atoms with Crippen molar-refractivity contribution in [2.45, 2.75) is 0 Å². The number of fused-ring (bicyclic) bond motifs is 2. The summed E-state index contributed by atoms with van der Waals surface area (Å²) in [6.45, 7) is 7.32. The van der Waals surface area contributed by atoms with Crippen LogP contribution in [0.5, 0.6) is 0 Å². The Bertz CT molecular complexity index is 1450. The highest BCUT2D eigenvalue weighted by atomic mass is 19.1. The number of hydrogen-bond acceptors (Lipinski definition) is 5. The van der Waals surface area contributed by atoms with Crippen LogP contribution in [0.25, 0.3) is 27.5 Å². The molecule has 0 unspecified atom stereocenters. The maximum Gasteiger partial charge on any atom is 0.206 e. The lowest BCUT2D eigenvalue weighted by Crippen LogP contribution is -2.25. The predicted molar refractivity (Wildman–Crippen MR) is 123 cm³/mol. The average molecular weight is 446 g/mol. The zero-order valence-electron chi connectivity index (χ0n) is 17.4. The highest BCUT2D eigenvalue weighted by Gasteiger charge is 2.33. The molecule has 0 saturated heterocycles. The molecule has 0 radical (unpaired) electrons. The van der Waals surface area contributed by atoms with E-state index < -0.39 is 11.6 Å². The van der Waals surface area contributed by atoms with Gasteiger partial charge in [0.05, 0.1) is 16.5 Å². The lowest BCUT2D eigenvalue weighted by Gasteiger charge is -2.21. The summed E-state index contributed by atoms with van der Waals surface area (Å²) < 4.78 is 27.3. The number of nitrogens with zero attached hydrogens (tertiary/aromatic N) is 6. The molecule has 0 fully saturated rings. The Labute approximate surface area is 193 Å². The lowest BCUT2D eigenvalue weighted by atomic mass is 9.87. The van der Waals surface area contributed by atoms with E-state index in [-0.39, 0.29) is 11.4 Å². The van der Waals surface area contributed by atoms with Crippen LogP contribution in [0.1, 0.15) is 22.5 Å². The summed E-state index contributed by atoms with van der Waals surface area (Å²) in [7, 11) is 0. The van der Waals surface area contributed by atoms with Crippen LogP contribution in [0.2, 0.25) is 0 Å². The van der Waals surface area contributed by atoms with Crippen molar-refractivity contribution >= 4 is 11.4 Å². The zero-order valence-corrected chi connectivity index (χ0v) is 17.4. The predicted octanol–water partition coefficient (Wildman–Crippen LogP) is 5.39. The van der Waals surface area contributed by atoms with Gasteiger partial charge in [0.2, 0.25) is 6.19 Å². The molecule has 160 valence electrons. The topological polar surface area (TPSA) is 78.6 Å². The Hall–Kier alpha value is -5.08. The highest BCUT2D eigenvalue weighted by Crippen LogP contribution is 2.34. The van der Waals surface area contributed by atoms with E-state index in [2.05, 4.69) is 15.0 Å². The number of halogens is 2. The van der Waals surface area contributed by atoms with Gasteiger partial charge in [0.1, 0.15) is 28.7 Å². The molecule has 1 heterocycles. The third-order valence-electron chi connectivity index (χ3n) is 5.33. The first-order valence-electron chi connectivity index (χ1n) is 10.1. The molecule has 34 heavy (non-hydrogen) atoms. The van der Waals surface area contributed by atoms with E-state index in [1.54, 1.807) is 48.5 Å². The van der Waals surface area contributed by atoms with Crippen molar-refractivity contribution in [3.63, 3.8) is 0 Å². The quantitative estimate of drug-likeness (QED) is 0.207. The summed E-state index contributed by atoms with van der Waals surface area (Å²) in [6.07, 6.45) is 1.81. The maximum atomic E-state index is 13.6. The van der Waals surface area contributed by atoms with Crippen LogP contribution < -0.4 is 0 Å². The second-order valence-electron chi connectivity index (χ2n) is 7.29. The summed E-state index contributed by atoms with van der Waals surface area (Å²) in [5, 5.41) is 13.4. The summed E-state index contributed by atoms with van der Waals surface area (Å²) in [4.78, 5) is 16.8. The largest absolute Gasteiger partial charge is 0.241 e. The number of rotatable bonds is 2. The van der Waals surface area contributed by atoms with Crippen molar-refractivity contribution in [2.75, 3.05) is 0 Å². The minimum Gasteiger partial charge on any atom is -0.241 e. The summed E-state index contributed by atoms with van der Waals surface area (Å²) in [5.41, 5.74) is 4.21. The first kappa shape index (κ1) is 20.8. The van der Waals surface area contributed by atoms with Crippen molar-refractivity contribution in [2.24, 2.45) is 10.1 Å². The first-order chi connectivity index (χ1) is 16.6. The van der Waals surface area contributed by atoms with Crippen molar-refractivity contribution in [1.82, 2.24) is 9.97 Å². The van der Waals surface area contributed by atoms with Gasteiger partial charge in [0.15, 0.2) is 5.71 Å². The molecular formula is C26H12F2N6. The third-order valence-corrected chi connectivity index (χ3v) is 5.33. The number of aliphatic imine (C=N–C) groups is 1. The SMILES string of the molecule is [C-]#[N+]/N=C1\c2ccccc2/C(=N/C#N)c2nc(-c3ccc(F)cc3)c(-c3ccc(F)cc3)nc21. The number of benzene rings is 3. The molecule has 0 N–H and O–H groups in total. The van der Waals surface area contributed by atoms with Crippen LogP contribution in [0.4, 0.5) is 8.78 Å². The molecule has 0 saturated carbocycles. The maximum absolute atomic E-state index is 13.6. The molecule has 8 heteroatoms. The monoisotopic (exact) mass is 446 g/mol. The van der Waals surface area contributed by atoms with Crippen LogP contribution >= 0.6 is 0 Å². The fourth-order valence-electron chi connectivity index (χ4n) is 3.85. The molecule has 0 atom stereocenters. The molecule has 0 amide bonds. The van der Waals surface area contributed by atoms with Crippen LogP contribution in [0, 0.1) is 29.7 Å². The van der Waals surface area contributed by atoms with Gasteiger partial charge in [-0.3, -0.25) is 0 Å². The van der Waals surface area contributed by atoms with E-state index in [4.69, 9.17) is 16.5 Å². The van der Waals surface area contributed by atoms with Gasteiger partial charge in [0.25, 0.3) is 0 Å². The molecule has 0 aliphatic heterocycles. The molecule has 1 aliphatic carbocycles. The van der Waals surface area contributed by atoms with Crippen LogP contribution in [-0.4, -0.2) is 21.4 Å².